The van der Waals surface area contributed by atoms with Crippen LogP contribution in [0, 0.1) is 0 Å². The summed E-state index contributed by atoms with van der Waals surface area (Å²) in [6, 6.07) is -2.60. The van der Waals surface area contributed by atoms with Crippen molar-refractivity contribution >= 4 is 17.9 Å². The molecule has 0 saturated carbocycles. The molecule has 8 nitrogen and oxygen atoms in total. The number of hydrogen-bond acceptors (Lipinski definition) is 8. The van der Waals surface area contributed by atoms with Gasteiger partial charge in [0.1, 0.15) is 18.1 Å². The number of hydrogen-bond donors (Lipinski definition) is 2. The highest BCUT2D eigenvalue weighted by molar-refractivity contribution is 5.89. The molecule has 0 amide bonds. The van der Waals surface area contributed by atoms with Crippen molar-refractivity contribution in [3.8, 4) is 0 Å². The minimum atomic E-state index is -0.992. The highest BCUT2D eigenvalue weighted by Gasteiger charge is 2.43. The fraction of sp³-hybridized carbons (Fsp3) is 0.842. The van der Waals surface area contributed by atoms with Crippen LogP contribution < -0.4 is 10.6 Å². The van der Waals surface area contributed by atoms with Crippen LogP contribution in [-0.2, 0) is 28.6 Å². The van der Waals surface area contributed by atoms with Crippen molar-refractivity contribution in [2.45, 2.75) is 77.4 Å². The Balaban J connectivity index is 2.71. The van der Waals surface area contributed by atoms with Crippen molar-refractivity contribution in [3.05, 3.63) is 0 Å². The second-order valence-corrected chi connectivity index (χ2v) is 6.65. The first-order valence-corrected chi connectivity index (χ1v) is 10.0. The lowest BCUT2D eigenvalue weighted by molar-refractivity contribution is -0.159. The van der Waals surface area contributed by atoms with Crippen LogP contribution in [0.1, 0.15) is 59.3 Å². The van der Waals surface area contributed by atoms with Crippen LogP contribution in [0.4, 0.5) is 0 Å². The molecule has 0 aromatic carbocycles. The number of rotatable bonds is 12. The number of carbonyl (C=O) groups excluding carboxylic acids is 3. The van der Waals surface area contributed by atoms with Crippen LogP contribution >= 0.6 is 0 Å². The van der Waals surface area contributed by atoms with Gasteiger partial charge in [-0.25, -0.2) is 0 Å². The molecule has 1 rings (SSSR count). The zero-order chi connectivity index (χ0) is 20.1. The van der Waals surface area contributed by atoms with E-state index < -0.39 is 36.0 Å². The minimum absolute atomic E-state index is 0.178. The van der Waals surface area contributed by atoms with E-state index in [2.05, 4.69) is 10.6 Å². The zero-order valence-electron chi connectivity index (χ0n) is 16.8. The van der Waals surface area contributed by atoms with Gasteiger partial charge in [-0.3, -0.25) is 19.7 Å². The average molecular weight is 386 g/mol. The van der Waals surface area contributed by atoms with Gasteiger partial charge in [0.15, 0.2) is 0 Å². The van der Waals surface area contributed by atoms with Crippen molar-refractivity contribution in [3.63, 3.8) is 0 Å². The van der Waals surface area contributed by atoms with Crippen molar-refractivity contribution in [2.24, 2.45) is 0 Å². The monoisotopic (exact) mass is 386 g/mol. The lowest BCUT2D eigenvalue weighted by atomic mass is 10.0. The third-order valence-corrected chi connectivity index (χ3v) is 4.27. The van der Waals surface area contributed by atoms with E-state index >= 15 is 0 Å². The van der Waals surface area contributed by atoms with E-state index in [1.807, 2.05) is 20.8 Å². The fourth-order valence-corrected chi connectivity index (χ4v) is 2.54. The van der Waals surface area contributed by atoms with E-state index in [0.29, 0.717) is 13.2 Å². The molecule has 0 spiro atoms. The van der Waals surface area contributed by atoms with Gasteiger partial charge in [0, 0.05) is 6.54 Å². The topological polar surface area (TPSA) is 103 Å². The number of piperazine rings is 1. The number of carbonyl (C=O) groups is 3. The molecule has 156 valence electrons. The molecule has 0 aliphatic carbocycles. The molecule has 8 heteroatoms. The zero-order valence-corrected chi connectivity index (χ0v) is 16.8. The van der Waals surface area contributed by atoms with Crippen molar-refractivity contribution < 1.29 is 28.6 Å². The molecule has 0 radical (unpaired) electrons. The Morgan fingerprint density at radius 3 is 1.67 bits per heavy atom. The van der Waals surface area contributed by atoms with Crippen LogP contribution in [0.3, 0.4) is 0 Å². The number of esters is 3. The smallest absolute Gasteiger partial charge is 0.325 e. The van der Waals surface area contributed by atoms with Gasteiger partial charge < -0.3 is 19.5 Å². The molecule has 0 aromatic heterocycles. The SMILES string of the molecule is CCCCOC(=O)C1CNC(C(=O)OCCCC)C(C(=O)OCCCC)N1. The van der Waals surface area contributed by atoms with E-state index in [9.17, 15) is 14.4 Å². The third kappa shape index (κ3) is 8.26. The van der Waals surface area contributed by atoms with Gasteiger partial charge in [-0.1, -0.05) is 40.0 Å². The molecule has 2 N–H and O–H groups in total. The number of nitrogens with one attached hydrogen (secondary N) is 2. The van der Waals surface area contributed by atoms with Gasteiger partial charge in [0.25, 0.3) is 0 Å². The third-order valence-electron chi connectivity index (χ3n) is 4.27. The second kappa shape index (κ2) is 13.5. The lowest BCUT2D eigenvalue weighted by Crippen LogP contribution is -2.68. The van der Waals surface area contributed by atoms with Crippen molar-refractivity contribution in [1.82, 2.24) is 10.6 Å². The Labute approximate surface area is 161 Å². The Morgan fingerprint density at radius 1 is 0.741 bits per heavy atom. The first-order chi connectivity index (χ1) is 13.0. The number of unbranched alkanes of at least 4 members (excludes halogenated alkanes) is 3. The van der Waals surface area contributed by atoms with Gasteiger partial charge in [0.2, 0.25) is 0 Å². The summed E-state index contributed by atoms with van der Waals surface area (Å²) < 4.78 is 15.7. The van der Waals surface area contributed by atoms with Crippen molar-refractivity contribution in [2.75, 3.05) is 26.4 Å². The van der Waals surface area contributed by atoms with Crippen LogP contribution in [-0.4, -0.2) is 62.4 Å². The summed E-state index contributed by atoms with van der Waals surface area (Å²) in [6.07, 6.45) is 4.97. The molecule has 0 aromatic rings. The molecule has 1 aliphatic rings. The molecule has 0 bridgehead atoms. The molecular weight excluding hydrogens is 352 g/mol. The van der Waals surface area contributed by atoms with Gasteiger partial charge in [-0.15, -0.1) is 0 Å². The molecule has 3 atom stereocenters. The maximum absolute atomic E-state index is 12.5. The predicted octanol–water partition coefficient (Wildman–Crippen LogP) is 1.31. The summed E-state index contributed by atoms with van der Waals surface area (Å²) in [7, 11) is 0. The van der Waals surface area contributed by atoms with Crippen LogP contribution in [0.25, 0.3) is 0 Å². The quantitative estimate of drug-likeness (QED) is 0.294. The van der Waals surface area contributed by atoms with E-state index in [1.54, 1.807) is 0 Å². The molecule has 1 aliphatic heterocycles. The van der Waals surface area contributed by atoms with Gasteiger partial charge in [0.05, 0.1) is 19.8 Å². The summed E-state index contributed by atoms with van der Waals surface area (Å²) in [5.41, 5.74) is 0. The maximum Gasteiger partial charge on any atom is 0.325 e. The largest absolute Gasteiger partial charge is 0.464 e. The van der Waals surface area contributed by atoms with Gasteiger partial charge >= 0.3 is 17.9 Å². The summed E-state index contributed by atoms with van der Waals surface area (Å²) in [5.74, 6) is -1.54. The second-order valence-electron chi connectivity index (χ2n) is 6.65. The summed E-state index contributed by atoms with van der Waals surface area (Å²) in [4.78, 5) is 37.0. The highest BCUT2D eigenvalue weighted by atomic mass is 16.5. The molecule has 27 heavy (non-hydrogen) atoms. The Bertz CT molecular complexity index is 471. The summed E-state index contributed by atoms with van der Waals surface area (Å²) in [5, 5.41) is 5.87. The molecular formula is C19H34N2O6. The van der Waals surface area contributed by atoms with E-state index in [-0.39, 0.29) is 13.2 Å². The van der Waals surface area contributed by atoms with Crippen molar-refractivity contribution in [1.29, 1.82) is 0 Å². The van der Waals surface area contributed by atoms with Crippen LogP contribution in [0.2, 0.25) is 0 Å². The minimum Gasteiger partial charge on any atom is -0.464 e. The lowest BCUT2D eigenvalue weighted by Gasteiger charge is -2.34. The van der Waals surface area contributed by atoms with Gasteiger partial charge in [-0.2, -0.15) is 0 Å². The van der Waals surface area contributed by atoms with Crippen LogP contribution in [0.15, 0.2) is 0 Å². The van der Waals surface area contributed by atoms with E-state index in [1.165, 1.54) is 0 Å². The Hall–Kier alpha value is -1.67. The molecule has 3 unspecified atom stereocenters. The normalized spacial score (nSPS) is 22.1. The Kier molecular flexibility index (Phi) is 11.7. The average Bonchev–Trinajstić information content (AvgIpc) is 2.67. The first-order valence-electron chi connectivity index (χ1n) is 10.0. The van der Waals surface area contributed by atoms with E-state index in [0.717, 1.165) is 38.5 Å². The fourth-order valence-electron chi connectivity index (χ4n) is 2.54. The molecule has 1 heterocycles. The van der Waals surface area contributed by atoms with Gasteiger partial charge in [-0.05, 0) is 19.3 Å². The summed E-state index contributed by atoms with van der Waals surface area (Å²) in [6.45, 7) is 7.08. The first kappa shape index (κ1) is 23.4. The van der Waals surface area contributed by atoms with E-state index in [4.69, 9.17) is 14.2 Å². The Morgan fingerprint density at radius 2 is 1.19 bits per heavy atom. The summed E-state index contributed by atoms with van der Waals surface area (Å²) >= 11 is 0. The predicted molar refractivity (Wildman–Crippen MR) is 100 cm³/mol. The maximum atomic E-state index is 12.5. The highest BCUT2D eigenvalue weighted by Crippen LogP contribution is 2.10. The standard InChI is InChI=1S/C19H34N2O6/c1-4-7-10-25-17(22)14-13-20-15(18(23)26-11-8-5-2)16(21-14)19(24)27-12-9-6-3/h14-16,20-21H,4-13H2,1-3H3. The molecule has 1 fully saturated rings. The van der Waals surface area contributed by atoms with Crippen LogP contribution in [0.5, 0.6) is 0 Å². The number of ether oxygens (including phenoxy) is 3. The molecule has 1 saturated heterocycles.